The van der Waals surface area contributed by atoms with Crippen molar-refractivity contribution in [3.05, 3.63) is 21.9 Å². The van der Waals surface area contributed by atoms with Crippen molar-refractivity contribution in [2.45, 2.75) is 13.3 Å². The number of rotatable bonds is 5. The molecule has 0 spiro atoms. The van der Waals surface area contributed by atoms with Gasteiger partial charge in [-0.3, -0.25) is 4.79 Å². The molecule has 0 atom stereocenters. The Morgan fingerprint density at radius 3 is 3.00 bits per heavy atom. The molecular formula is C10H13BrClN3O. The fraction of sp³-hybridized carbons (Fsp3) is 0.400. The number of carbonyl (C=O) groups is 1. The molecule has 4 nitrogen and oxygen atoms in total. The molecule has 16 heavy (non-hydrogen) atoms. The highest BCUT2D eigenvalue weighted by Gasteiger charge is 2.04. The van der Waals surface area contributed by atoms with Crippen molar-refractivity contribution >= 4 is 39.1 Å². The number of hydrogen-bond donors (Lipinski definition) is 2. The Kier molecular flexibility index (Phi) is 5.73. The van der Waals surface area contributed by atoms with Crippen LogP contribution >= 0.6 is 27.5 Å². The van der Waals surface area contributed by atoms with Crippen LogP contribution in [-0.2, 0) is 4.79 Å². The average Bonchev–Trinajstić information content (AvgIpc) is 2.24. The van der Waals surface area contributed by atoms with Gasteiger partial charge in [-0.2, -0.15) is 0 Å². The van der Waals surface area contributed by atoms with Gasteiger partial charge in [-0.05, 0) is 28.5 Å². The Morgan fingerprint density at radius 1 is 1.62 bits per heavy atom. The first-order valence-corrected chi connectivity index (χ1v) is 6.12. The minimum atomic E-state index is -0.0445. The Balaban J connectivity index is 2.46. The molecule has 0 aromatic carbocycles. The van der Waals surface area contributed by atoms with Crippen molar-refractivity contribution in [3.63, 3.8) is 0 Å². The second-order valence-corrected chi connectivity index (χ2v) is 4.36. The van der Waals surface area contributed by atoms with Crippen molar-refractivity contribution in [1.29, 1.82) is 0 Å². The third-order valence-electron chi connectivity index (χ3n) is 1.86. The van der Waals surface area contributed by atoms with Crippen molar-refractivity contribution in [2.24, 2.45) is 0 Å². The van der Waals surface area contributed by atoms with E-state index < -0.39 is 0 Å². The first-order chi connectivity index (χ1) is 7.63. The van der Waals surface area contributed by atoms with Gasteiger partial charge >= 0.3 is 0 Å². The zero-order chi connectivity index (χ0) is 12.0. The summed E-state index contributed by atoms with van der Waals surface area (Å²) in [5.74, 6) is -0.0445. The molecule has 0 fully saturated rings. The summed E-state index contributed by atoms with van der Waals surface area (Å²) in [5, 5.41) is 6.20. The number of hydrogen-bond acceptors (Lipinski definition) is 3. The van der Waals surface area contributed by atoms with Crippen LogP contribution < -0.4 is 10.6 Å². The molecule has 0 radical (unpaired) electrons. The fourth-order valence-electron chi connectivity index (χ4n) is 1.09. The number of nitrogens with one attached hydrogen (secondary N) is 2. The van der Waals surface area contributed by atoms with Crippen molar-refractivity contribution in [2.75, 3.05) is 18.4 Å². The largest absolute Gasteiger partial charge is 0.325 e. The molecule has 1 aromatic rings. The van der Waals surface area contributed by atoms with E-state index in [2.05, 4.69) is 31.5 Å². The monoisotopic (exact) mass is 305 g/mol. The molecular weight excluding hydrogens is 293 g/mol. The first-order valence-electron chi connectivity index (χ1n) is 4.95. The summed E-state index contributed by atoms with van der Waals surface area (Å²) in [4.78, 5) is 15.4. The normalized spacial score (nSPS) is 10.2. The average molecular weight is 307 g/mol. The molecule has 0 aliphatic carbocycles. The summed E-state index contributed by atoms with van der Waals surface area (Å²) in [6.45, 7) is 3.53. The second-order valence-electron chi connectivity index (χ2n) is 3.15. The van der Waals surface area contributed by atoms with E-state index in [1.165, 1.54) is 6.20 Å². The molecule has 0 aliphatic rings. The van der Waals surface area contributed by atoms with Gasteiger partial charge in [0.2, 0.25) is 5.91 Å². The predicted octanol–water partition coefficient (Wildman–Crippen LogP) is 2.44. The maximum Gasteiger partial charge on any atom is 0.225 e. The first kappa shape index (κ1) is 13.4. The van der Waals surface area contributed by atoms with Gasteiger partial charge in [0.05, 0.1) is 16.4 Å². The molecule has 1 amide bonds. The lowest BCUT2D eigenvalue weighted by Gasteiger charge is -2.06. The van der Waals surface area contributed by atoms with E-state index in [4.69, 9.17) is 11.6 Å². The summed E-state index contributed by atoms with van der Waals surface area (Å²) in [6.07, 6.45) is 1.96. The van der Waals surface area contributed by atoms with Gasteiger partial charge in [-0.1, -0.05) is 18.5 Å². The molecule has 0 saturated carbocycles. The standard InChI is InChI=1S/C10H13BrClN3O/c1-2-13-4-3-9(16)15-7-5-8(11)10(12)14-6-7/h5-6,13H,2-4H2,1H3,(H,15,16). The fourth-order valence-corrected chi connectivity index (χ4v) is 1.54. The summed E-state index contributed by atoms with van der Waals surface area (Å²) in [7, 11) is 0. The third-order valence-corrected chi connectivity index (χ3v) is 2.99. The van der Waals surface area contributed by atoms with Crippen LogP contribution in [0.2, 0.25) is 5.15 Å². The Bertz CT molecular complexity index is 373. The van der Waals surface area contributed by atoms with Crippen LogP contribution in [0.1, 0.15) is 13.3 Å². The van der Waals surface area contributed by atoms with Crippen molar-refractivity contribution < 1.29 is 4.79 Å². The molecule has 1 aromatic heterocycles. The lowest BCUT2D eigenvalue weighted by atomic mass is 10.3. The highest BCUT2D eigenvalue weighted by molar-refractivity contribution is 9.10. The minimum Gasteiger partial charge on any atom is -0.325 e. The smallest absolute Gasteiger partial charge is 0.225 e. The third kappa shape index (κ3) is 4.47. The van der Waals surface area contributed by atoms with Gasteiger partial charge < -0.3 is 10.6 Å². The topological polar surface area (TPSA) is 54.0 Å². The number of nitrogens with zero attached hydrogens (tertiary/aromatic N) is 1. The molecule has 2 N–H and O–H groups in total. The van der Waals surface area contributed by atoms with E-state index >= 15 is 0 Å². The maximum atomic E-state index is 11.5. The van der Waals surface area contributed by atoms with E-state index in [0.717, 1.165) is 6.54 Å². The van der Waals surface area contributed by atoms with E-state index in [0.29, 0.717) is 28.3 Å². The van der Waals surface area contributed by atoms with Crippen molar-refractivity contribution in [1.82, 2.24) is 10.3 Å². The van der Waals surface area contributed by atoms with Crippen LogP contribution in [0.15, 0.2) is 16.7 Å². The van der Waals surface area contributed by atoms with E-state index in [1.807, 2.05) is 6.92 Å². The molecule has 0 bridgehead atoms. The molecule has 88 valence electrons. The molecule has 6 heteroatoms. The highest BCUT2D eigenvalue weighted by atomic mass is 79.9. The zero-order valence-corrected chi connectivity index (χ0v) is 11.2. The number of carbonyl (C=O) groups excluding carboxylic acids is 1. The highest BCUT2D eigenvalue weighted by Crippen LogP contribution is 2.22. The SMILES string of the molecule is CCNCCC(=O)Nc1cnc(Cl)c(Br)c1. The molecule has 1 heterocycles. The number of pyridine rings is 1. The van der Waals surface area contributed by atoms with Crippen LogP contribution in [0.3, 0.4) is 0 Å². The van der Waals surface area contributed by atoms with E-state index in [1.54, 1.807) is 6.07 Å². The Labute approximate surface area is 108 Å². The summed E-state index contributed by atoms with van der Waals surface area (Å²) < 4.78 is 0.665. The number of halogens is 2. The van der Waals surface area contributed by atoms with Gasteiger partial charge in [0.15, 0.2) is 0 Å². The maximum absolute atomic E-state index is 11.5. The van der Waals surface area contributed by atoms with Crippen LogP contribution in [0, 0.1) is 0 Å². The number of anilines is 1. The van der Waals surface area contributed by atoms with Crippen LogP contribution in [0.4, 0.5) is 5.69 Å². The van der Waals surface area contributed by atoms with Crippen LogP contribution in [-0.4, -0.2) is 24.0 Å². The van der Waals surface area contributed by atoms with Gasteiger partial charge in [0.1, 0.15) is 5.15 Å². The van der Waals surface area contributed by atoms with Gasteiger partial charge in [0, 0.05) is 13.0 Å². The van der Waals surface area contributed by atoms with Gasteiger partial charge in [-0.15, -0.1) is 0 Å². The number of aromatic nitrogens is 1. The lowest BCUT2D eigenvalue weighted by molar-refractivity contribution is -0.116. The lowest BCUT2D eigenvalue weighted by Crippen LogP contribution is -2.21. The van der Waals surface area contributed by atoms with Gasteiger partial charge in [0.25, 0.3) is 0 Å². The molecule has 0 aliphatic heterocycles. The summed E-state index contributed by atoms with van der Waals surface area (Å²) in [6, 6.07) is 1.72. The molecule has 0 unspecified atom stereocenters. The quantitative estimate of drug-likeness (QED) is 0.649. The molecule has 1 rings (SSSR count). The second kappa shape index (κ2) is 6.83. The summed E-state index contributed by atoms with van der Waals surface area (Å²) in [5.41, 5.74) is 0.637. The Hall–Kier alpha value is -0.650. The predicted molar refractivity (Wildman–Crippen MR) is 68.7 cm³/mol. The number of amides is 1. The zero-order valence-electron chi connectivity index (χ0n) is 8.89. The van der Waals surface area contributed by atoms with Crippen molar-refractivity contribution in [3.8, 4) is 0 Å². The minimum absolute atomic E-state index is 0.0445. The van der Waals surface area contributed by atoms with Gasteiger partial charge in [-0.25, -0.2) is 4.98 Å². The van der Waals surface area contributed by atoms with Crippen LogP contribution in [0.25, 0.3) is 0 Å². The molecule has 0 saturated heterocycles. The van der Waals surface area contributed by atoms with E-state index in [-0.39, 0.29) is 5.91 Å². The Morgan fingerprint density at radius 2 is 2.38 bits per heavy atom. The summed E-state index contributed by atoms with van der Waals surface area (Å²) >= 11 is 8.98. The van der Waals surface area contributed by atoms with Crippen LogP contribution in [0.5, 0.6) is 0 Å². The van der Waals surface area contributed by atoms with E-state index in [9.17, 15) is 4.79 Å².